The van der Waals surface area contributed by atoms with Crippen LogP contribution in [0.15, 0.2) is 5.16 Å². The third-order valence-corrected chi connectivity index (χ3v) is 1.31. The maximum absolute atomic E-state index is 11.0. The normalized spacial score (nSPS) is 11.5. The number of nitrogens with zero attached hydrogens (tertiary/aromatic N) is 1. The number of halogens is 1. The number of hydrogen-bond acceptors (Lipinski definition) is 4. The van der Waals surface area contributed by atoms with Gasteiger partial charge in [-0.1, -0.05) is 19.0 Å². The summed E-state index contributed by atoms with van der Waals surface area (Å²) in [6, 6.07) is -0.590. The van der Waals surface area contributed by atoms with Gasteiger partial charge in [-0.25, -0.2) is 4.79 Å². The Hall–Kier alpha value is -0.610. The summed E-state index contributed by atoms with van der Waals surface area (Å²) in [5.41, 5.74) is 6.20. The zero-order chi connectivity index (χ0) is 9.72. The first-order valence-electron chi connectivity index (χ1n) is 3.92. The lowest BCUT2D eigenvalue weighted by Gasteiger charge is -2.10. The van der Waals surface area contributed by atoms with Gasteiger partial charge in [0.2, 0.25) is 0 Å². The fourth-order valence-electron chi connectivity index (χ4n) is 0.469. The molecule has 0 heterocycles. The second-order valence-corrected chi connectivity index (χ2v) is 3.22. The van der Waals surface area contributed by atoms with Gasteiger partial charge < -0.3 is 10.6 Å². The van der Waals surface area contributed by atoms with Crippen molar-refractivity contribution in [2.45, 2.75) is 33.7 Å². The van der Waals surface area contributed by atoms with Crippen molar-refractivity contribution in [2.75, 3.05) is 0 Å². The molecule has 1 atom stereocenters. The summed E-state index contributed by atoms with van der Waals surface area (Å²) in [4.78, 5) is 15.6. The third kappa shape index (κ3) is 6.54. The Morgan fingerprint density at radius 3 is 2.15 bits per heavy atom. The monoisotopic (exact) mass is 208 g/mol. The van der Waals surface area contributed by atoms with Gasteiger partial charge in [-0.05, 0) is 19.8 Å². The number of carbonyl (C=O) groups is 1. The molecule has 0 aliphatic carbocycles. The lowest BCUT2D eigenvalue weighted by atomic mass is 10.1. The van der Waals surface area contributed by atoms with Crippen molar-refractivity contribution in [3.63, 3.8) is 0 Å². The molecule has 0 bridgehead atoms. The van der Waals surface area contributed by atoms with Gasteiger partial charge in [0.05, 0.1) is 5.71 Å². The van der Waals surface area contributed by atoms with Crippen LogP contribution >= 0.6 is 12.4 Å². The minimum absolute atomic E-state index is 0. The van der Waals surface area contributed by atoms with E-state index < -0.39 is 12.0 Å². The first-order chi connectivity index (χ1) is 5.45. The molecular weight excluding hydrogens is 192 g/mol. The first kappa shape index (κ1) is 14.9. The Balaban J connectivity index is 0. The summed E-state index contributed by atoms with van der Waals surface area (Å²) in [6.07, 6.45) is 0. The zero-order valence-electron chi connectivity index (χ0n) is 8.40. The molecule has 4 nitrogen and oxygen atoms in total. The zero-order valence-corrected chi connectivity index (χ0v) is 9.22. The van der Waals surface area contributed by atoms with Crippen molar-refractivity contribution in [3.8, 4) is 0 Å². The summed E-state index contributed by atoms with van der Waals surface area (Å²) in [5, 5.41) is 3.52. The quantitative estimate of drug-likeness (QED) is 0.432. The standard InChI is InChI=1S/C8H16N2O2.ClH/c1-5(2)7(9)8(11)12-10-6(3)4;/h5,7H,9H2,1-4H3;1H/t7-;/m0./s1. The van der Waals surface area contributed by atoms with Crippen LogP contribution in [-0.4, -0.2) is 17.7 Å². The van der Waals surface area contributed by atoms with Gasteiger partial charge in [0.25, 0.3) is 0 Å². The van der Waals surface area contributed by atoms with E-state index in [2.05, 4.69) is 9.99 Å². The molecule has 78 valence electrons. The van der Waals surface area contributed by atoms with E-state index in [1.165, 1.54) is 0 Å². The summed E-state index contributed by atoms with van der Waals surface area (Å²) in [6.45, 7) is 7.20. The maximum atomic E-state index is 11.0. The van der Waals surface area contributed by atoms with Crippen molar-refractivity contribution >= 4 is 24.1 Å². The topological polar surface area (TPSA) is 64.7 Å². The summed E-state index contributed by atoms with van der Waals surface area (Å²) < 4.78 is 0. The number of hydrogen-bond donors (Lipinski definition) is 1. The minimum atomic E-state index is -0.590. The second kappa shape index (κ2) is 6.86. The molecule has 0 saturated heterocycles. The Bertz CT molecular complexity index is 189. The molecule has 0 spiro atoms. The van der Waals surface area contributed by atoms with Gasteiger partial charge in [0.15, 0.2) is 0 Å². The van der Waals surface area contributed by atoms with Crippen LogP contribution in [0.3, 0.4) is 0 Å². The van der Waals surface area contributed by atoms with Crippen LogP contribution in [0.4, 0.5) is 0 Å². The second-order valence-electron chi connectivity index (χ2n) is 3.22. The first-order valence-corrected chi connectivity index (χ1v) is 3.92. The van der Waals surface area contributed by atoms with Crippen LogP contribution in [0.25, 0.3) is 0 Å². The molecule has 0 aromatic carbocycles. The van der Waals surface area contributed by atoms with Gasteiger partial charge in [-0.2, -0.15) is 0 Å². The van der Waals surface area contributed by atoms with E-state index >= 15 is 0 Å². The van der Waals surface area contributed by atoms with Gasteiger partial charge in [0.1, 0.15) is 6.04 Å². The van der Waals surface area contributed by atoms with E-state index in [1.54, 1.807) is 13.8 Å². The van der Waals surface area contributed by atoms with Gasteiger partial charge in [-0.3, -0.25) is 0 Å². The number of rotatable bonds is 3. The molecule has 0 amide bonds. The average Bonchev–Trinajstić information content (AvgIpc) is 1.98. The number of oxime groups is 1. The van der Waals surface area contributed by atoms with E-state index in [9.17, 15) is 4.79 Å². The van der Waals surface area contributed by atoms with Crippen molar-refractivity contribution < 1.29 is 9.63 Å². The fraction of sp³-hybridized carbons (Fsp3) is 0.750. The summed E-state index contributed by atoms with van der Waals surface area (Å²) in [5.74, 6) is -0.406. The highest BCUT2D eigenvalue weighted by atomic mass is 35.5. The molecule has 0 aromatic rings. The highest BCUT2D eigenvalue weighted by Crippen LogP contribution is 2.00. The van der Waals surface area contributed by atoms with Crippen molar-refractivity contribution in [2.24, 2.45) is 16.8 Å². The van der Waals surface area contributed by atoms with Crippen LogP contribution in [0.1, 0.15) is 27.7 Å². The van der Waals surface area contributed by atoms with Gasteiger partial charge >= 0.3 is 5.97 Å². The molecule has 5 heteroatoms. The molecule has 0 fully saturated rings. The Morgan fingerprint density at radius 2 is 1.85 bits per heavy atom. The third-order valence-electron chi connectivity index (χ3n) is 1.31. The van der Waals surface area contributed by atoms with E-state index in [4.69, 9.17) is 5.73 Å². The number of carbonyl (C=O) groups excluding carboxylic acids is 1. The lowest BCUT2D eigenvalue weighted by Crippen LogP contribution is -2.36. The Morgan fingerprint density at radius 1 is 1.38 bits per heavy atom. The minimum Gasteiger partial charge on any atom is -0.318 e. The van der Waals surface area contributed by atoms with Crippen LogP contribution in [0.2, 0.25) is 0 Å². The molecule has 0 saturated carbocycles. The highest BCUT2D eigenvalue weighted by molar-refractivity contribution is 5.85. The molecular formula is C8H17ClN2O2. The molecule has 0 radical (unpaired) electrons. The lowest BCUT2D eigenvalue weighted by molar-refractivity contribution is -0.146. The number of nitrogens with two attached hydrogens (primary N) is 1. The Labute approximate surface area is 84.9 Å². The van der Waals surface area contributed by atoms with E-state index in [-0.39, 0.29) is 18.3 Å². The fourth-order valence-corrected chi connectivity index (χ4v) is 0.469. The smallest absolute Gasteiger partial charge is 0.318 e. The average molecular weight is 209 g/mol. The predicted octanol–water partition coefficient (Wildman–Crippen LogP) is 1.33. The SMILES string of the molecule is CC(C)=NOC(=O)[C@@H](N)C(C)C.Cl. The van der Waals surface area contributed by atoms with E-state index in [1.807, 2.05) is 13.8 Å². The predicted molar refractivity (Wildman–Crippen MR) is 54.9 cm³/mol. The summed E-state index contributed by atoms with van der Waals surface area (Å²) in [7, 11) is 0. The summed E-state index contributed by atoms with van der Waals surface area (Å²) >= 11 is 0. The molecule has 0 aliphatic rings. The van der Waals surface area contributed by atoms with Crippen molar-refractivity contribution in [1.82, 2.24) is 0 Å². The molecule has 2 N–H and O–H groups in total. The van der Waals surface area contributed by atoms with Crippen LogP contribution in [0.5, 0.6) is 0 Å². The molecule has 0 aliphatic heterocycles. The Kier molecular flexibility index (Phi) is 7.85. The molecule has 0 aromatic heterocycles. The van der Waals surface area contributed by atoms with Gasteiger partial charge in [-0.15, -0.1) is 12.4 Å². The van der Waals surface area contributed by atoms with Crippen molar-refractivity contribution in [1.29, 1.82) is 0 Å². The van der Waals surface area contributed by atoms with E-state index in [0.717, 1.165) is 0 Å². The van der Waals surface area contributed by atoms with Crippen molar-refractivity contribution in [3.05, 3.63) is 0 Å². The molecule has 0 unspecified atom stereocenters. The highest BCUT2D eigenvalue weighted by Gasteiger charge is 2.18. The van der Waals surface area contributed by atoms with Crippen LogP contribution in [-0.2, 0) is 9.63 Å². The maximum Gasteiger partial charge on any atom is 0.351 e. The van der Waals surface area contributed by atoms with E-state index in [0.29, 0.717) is 5.71 Å². The van der Waals surface area contributed by atoms with Crippen LogP contribution < -0.4 is 5.73 Å². The van der Waals surface area contributed by atoms with Gasteiger partial charge in [0, 0.05) is 0 Å². The van der Waals surface area contributed by atoms with Crippen LogP contribution in [0, 0.1) is 5.92 Å². The molecule has 0 rings (SSSR count). The molecule has 13 heavy (non-hydrogen) atoms. The largest absolute Gasteiger partial charge is 0.351 e.